The van der Waals surface area contributed by atoms with Crippen LogP contribution in [0, 0.1) is 0 Å². The van der Waals surface area contributed by atoms with Crippen molar-refractivity contribution in [3.63, 3.8) is 0 Å². The average molecular weight is 319 g/mol. The maximum Gasteiger partial charge on any atom is 0.229 e. The second-order valence-corrected chi connectivity index (χ2v) is 6.01. The van der Waals surface area contributed by atoms with Gasteiger partial charge in [0.1, 0.15) is 5.71 Å². The van der Waals surface area contributed by atoms with E-state index in [1.807, 2.05) is 38.1 Å². The van der Waals surface area contributed by atoms with Gasteiger partial charge in [-0.15, -0.1) is 0 Å². The molecule has 3 aromatic rings. The summed E-state index contributed by atoms with van der Waals surface area (Å²) in [7, 11) is 0. The van der Waals surface area contributed by atoms with Gasteiger partial charge in [-0.3, -0.25) is 0 Å². The number of hydrogen-bond donors (Lipinski definition) is 0. The summed E-state index contributed by atoms with van der Waals surface area (Å²) in [5.74, 6) is 1.31. The van der Waals surface area contributed by atoms with Gasteiger partial charge in [0.25, 0.3) is 0 Å². The summed E-state index contributed by atoms with van der Waals surface area (Å²) in [5, 5.41) is 8.26. The molecule has 120 valence electrons. The van der Waals surface area contributed by atoms with Crippen LogP contribution in [0.2, 0.25) is 0 Å². The molecule has 1 aliphatic rings. The molecule has 0 atom stereocenters. The Kier molecular flexibility index (Phi) is 3.61. The fourth-order valence-corrected chi connectivity index (χ4v) is 2.81. The van der Waals surface area contributed by atoms with E-state index in [0.29, 0.717) is 11.7 Å². The van der Waals surface area contributed by atoms with Gasteiger partial charge in [-0.2, -0.15) is 4.98 Å². The molecule has 24 heavy (non-hydrogen) atoms. The lowest BCUT2D eigenvalue weighted by Crippen LogP contribution is -2.00. The maximum atomic E-state index is 5.51. The summed E-state index contributed by atoms with van der Waals surface area (Å²) in [5.41, 5.74) is 5.35. The molecule has 0 unspecified atom stereocenters. The molecule has 0 saturated heterocycles. The third-order valence-electron chi connectivity index (χ3n) is 3.98. The average Bonchev–Trinajstić information content (AvgIpc) is 3.19. The van der Waals surface area contributed by atoms with Gasteiger partial charge in [0.2, 0.25) is 11.7 Å². The Hall–Kier alpha value is -2.95. The molecular formula is C19H17N3O2. The first-order chi connectivity index (χ1) is 11.7. The molecule has 0 aliphatic heterocycles. The van der Waals surface area contributed by atoms with Crippen LogP contribution in [0.15, 0.2) is 58.2 Å². The highest BCUT2D eigenvalue weighted by Gasteiger charge is 2.24. The highest BCUT2D eigenvalue weighted by Crippen LogP contribution is 2.36. The van der Waals surface area contributed by atoms with Crippen LogP contribution < -0.4 is 0 Å². The number of benzene rings is 2. The van der Waals surface area contributed by atoms with Crippen molar-refractivity contribution in [2.24, 2.45) is 5.16 Å². The summed E-state index contributed by atoms with van der Waals surface area (Å²) in [4.78, 5) is 9.80. The first kappa shape index (κ1) is 14.6. The number of nitrogens with zero attached hydrogens (tertiary/aromatic N) is 3. The predicted molar refractivity (Wildman–Crippen MR) is 90.7 cm³/mol. The molecule has 4 rings (SSSR count). The smallest absolute Gasteiger partial charge is 0.229 e. The molecule has 0 amide bonds. The van der Waals surface area contributed by atoms with Crippen molar-refractivity contribution in [3.05, 3.63) is 71.4 Å². The normalized spacial score (nSPS) is 12.2. The van der Waals surface area contributed by atoms with Crippen LogP contribution in [0.5, 0.6) is 0 Å². The molecule has 0 saturated carbocycles. The molecule has 0 N–H and O–H groups in total. The van der Waals surface area contributed by atoms with Crippen LogP contribution in [0.4, 0.5) is 0 Å². The van der Waals surface area contributed by atoms with Crippen molar-refractivity contribution in [2.75, 3.05) is 0 Å². The van der Waals surface area contributed by atoms with Crippen LogP contribution in [0.25, 0.3) is 11.1 Å². The SMILES string of the molecule is CC(C)c1nc(CON=C2c3ccccc3-c3ccccc32)no1. The van der Waals surface area contributed by atoms with Crippen molar-refractivity contribution in [1.29, 1.82) is 0 Å². The standard InChI is InChI=1S/C19H17N3O2/c1-12(2)19-20-17(21-24-19)11-23-22-18-15-9-5-3-7-13(15)14-8-4-6-10-16(14)18/h3-10,12H,11H2,1-2H3. The van der Waals surface area contributed by atoms with Gasteiger partial charge in [-0.25, -0.2) is 0 Å². The number of rotatable bonds is 4. The van der Waals surface area contributed by atoms with E-state index in [1.165, 1.54) is 11.1 Å². The second kappa shape index (κ2) is 5.92. The summed E-state index contributed by atoms with van der Waals surface area (Å²) in [6, 6.07) is 16.4. The number of aromatic nitrogens is 2. The van der Waals surface area contributed by atoms with Gasteiger partial charge in [-0.1, -0.05) is 72.7 Å². The maximum absolute atomic E-state index is 5.51. The molecule has 5 nitrogen and oxygen atoms in total. The molecule has 1 heterocycles. The Labute approximate surface area is 140 Å². The minimum absolute atomic E-state index is 0.185. The monoisotopic (exact) mass is 319 g/mol. The number of oxime groups is 1. The zero-order chi connectivity index (χ0) is 16.5. The number of hydrogen-bond acceptors (Lipinski definition) is 5. The first-order valence-electron chi connectivity index (χ1n) is 7.95. The Bertz CT molecular complexity index is 865. The van der Waals surface area contributed by atoms with Crippen molar-refractivity contribution < 1.29 is 9.36 Å². The molecule has 0 bridgehead atoms. The van der Waals surface area contributed by atoms with Gasteiger partial charge in [0.05, 0.1) is 0 Å². The van der Waals surface area contributed by atoms with Crippen LogP contribution in [0.3, 0.4) is 0 Å². The Morgan fingerprint density at radius 2 is 1.54 bits per heavy atom. The Balaban J connectivity index is 1.60. The molecule has 1 aromatic heterocycles. The van der Waals surface area contributed by atoms with E-state index in [2.05, 4.69) is 39.6 Å². The molecule has 1 aliphatic carbocycles. The Morgan fingerprint density at radius 3 is 2.08 bits per heavy atom. The lowest BCUT2D eigenvalue weighted by molar-refractivity contribution is 0.123. The van der Waals surface area contributed by atoms with Crippen LogP contribution in [-0.2, 0) is 11.4 Å². The van der Waals surface area contributed by atoms with Crippen molar-refractivity contribution in [1.82, 2.24) is 10.1 Å². The topological polar surface area (TPSA) is 60.5 Å². The Morgan fingerprint density at radius 1 is 0.958 bits per heavy atom. The quantitative estimate of drug-likeness (QED) is 0.530. The van der Waals surface area contributed by atoms with Crippen molar-refractivity contribution in [2.45, 2.75) is 26.4 Å². The summed E-state index contributed by atoms with van der Waals surface area (Å²) in [6.45, 7) is 4.19. The van der Waals surface area contributed by atoms with Crippen LogP contribution >= 0.6 is 0 Å². The third kappa shape index (κ3) is 2.48. The fourth-order valence-electron chi connectivity index (χ4n) is 2.81. The van der Waals surface area contributed by atoms with E-state index >= 15 is 0 Å². The summed E-state index contributed by atoms with van der Waals surface area (Å²) < 4.78 is 5.17. The van der Waals surface area contributed by atoms with E-state index in [4.69, 9.17) is 9.36 Å². The van der Waals surface area contributed by atoms with Gasteiger partial charge in [0.15, 0.2) is 6.61 Å². The zero-order valence-electron chi connectivity index (χ0n) is 13.6. The third-order valence-corrected chi connectivity index (χ3v) is 3.98. The van der Waals surface area contributed by atoms with E-state index in [1.54, 1.807) is 0 Å². The minimum Gasteiger partial charge on any atom is -0.387 e. The molecule has 5 heteroatoms. The zero-order valence-corrected chi connectivity index (χ0v) is 13.6. The molecular weight excluding hydrogens is 302 g/mol. The van der Waals surface area contributed by atoms with Crippen LogP contribution in [0.1, 0.15) is 42.6 Å². The van der Waals surface area contributed by atoms with Gasteiger partial charge < -0.3 is 9.36 Å². The van der Waals surface area contributed by atoms with Gasteiger partial charge in [-0.05, 0) is 11.1 Å². The molecule has 0 spiro atoms. The summed E-state index contributed by atoms with van der Waals surface area (Å²) in [6.07, 6.45) is 0. The fraction of sp³-hybridized carbons (Fsp3) is 0.211. The second-order valence-electron chi connectivity index (χ2n) is 6.01. The first-order valence-corrected chi connectivity index (χ1v) is 7.95. The summed E-state index contributed by atoms with van der Waals surface area (Å²) >= 11 is 0. The van der Waals surface area contributed by atoms with E-state index < -0.39 is 0 Å². The minimum atomic E-state index is 0.185. The molecule has 0 fully saturated rings. The van der Waals surface area contributed by atoms with Gasteiger partial charge in [0, 0.05) is 17.0 Å². The lowest BCUT2D eigenvalue weighted by Gasteiger charge is -2.01. The van der Waals surface area contributed by atoms with E-state index in [9.17, 15) is 0 Å². The van der Waals surface area contributed by atoms with E-state index in [0.717, 1.165) is 16.8 Å². The highest BCUT2D eigenvalue weighted by atomic mass is 16.6. The number of fused-ring (bicyclic) bond motifs is 3. The molecule has 2 aromatic carbocycles. The van der Waals surface area contributed by atoms with Crippen LogP contribution in [-0.4, -0.2) is 15.9 Å². The van der Waals surface area contributed by atoms with Crippen molar-refractivity contribution in [3.8, 4) is 11.1 Å². The predicted octanol–water partition coefficient (Wildman–Crippen LogP) is 4.14. The van der Waals surface area contributed by atoms with Crippen molar-refractivity contribution >= 4 is 5.71 Å². The highest BCUT2D eigenvalue weighted by molar-refractivity contribution is 6.24. The largest absolute Gasteiger partial charge is 0.387 e. The molecule has 0 radical (unpaired) electrons. The van der Waals surface area contributed by atoms with E-state index in [-0.39, 0.29) is 12.5 Å². The van der Waals surface area contributed by atoms with Gasteiger partial charge >= 0.3 is 0 Å². The lowest BCUT2D eigenvalue weighted by atomic mass is 10.1.